The van der Waals surface area contributed by atoms with Gasteiger partial charge in [-0.1, -0.05) is 187 Å². The highest BCUT2D eigenvalue weighted by Crippen LogP contribution is 2.31. The minimum atomic E-state index is -0.768. The first-order chi connectivity index (χ1) is 52.7. The van der Waals surface area contributed by atoms with E-state index in [1.165, 1.54) is 50.9 Å². The van der Waals surface area contributed by atoms with E-state index in [0.717, 1.165) is 29.8 Å². The standard InChI is InChI=1S/C25H32N2O4.C13H16N4O2.C13H18N2O2.C11H18N4O4.C11H19NO5.4C2H6/c1-25(2,3)31-24(29)27(17-20-13-9-6-10-14-20)21-15-22(23(28)30-4)26(18-21)16-19-11-7-5-8-12-19;1-19-13(18)12-7-11(15-16-14)9-17(12)8-10-5-3-2-4-6-10;1-17-13(16)12-7-11(14)9-15(12)8-10-5-3-2-4-6-10;1-11(2,3)19-10(17)15-6-7(13-14-12)5-8(15)9(16)18-4;1-11(2,3)17-10(15)12-6-7(13)5-8(12)9(14)16-4;4*1-2/h5-14,21-22H,15-18H2,1-4H3;2-6,11-12H,7-9H2,1H3;2-6,11-12H,7-9,14H2,1H3;7-8H,5-6H2,1-4H3;7-8,13H,5-6H2,1-4H3;4*1-2H3/t21-,22-;2*11-,12-;7-,8-;7-,8+;;;;/m00001..../s1. The van der Waals surface area contributed by atoms with Gasteiger partial charge in [-0.3, -0.25) is 43.8 Å². The zero-order valence-corrected chi connectivity index (χ0v) is 69.6. The molecular weight excluding hydrogens is 1430 g/mol. The third-order valence-corrected chi connectivity index (χ3v) is 16.8. The highest BCUT2D eigenvalue weighted by Gasteiger charge is 2.45. The Labute approximate surface area is 658 Å². The van der Waals surface area contributed by atoms with Crippen molar-refractivity contribution in [3.05, 3.63) is 164 Å². The first kappa shape index (κ1) is 99.5. The number of carbonyl (C=O) groups is 8. The Hall–Kier alpha value is -9.54. The van der Waals surface area contributed by atoms with E-state index in [0.29, 0.717) is 52.0 Å². The van der Waals surface area contributed by atoms with Crippen LogP contribution < -0.4 is 5.73 Å². The minimum Gasteiger partial charge on any atom is -0.468 e. The highest BCUT2D eigenvalue weighted by molar-refractivity contribution is 5.83. The number of β-amino-alcohol motifs (C(OH)–C–C–N with tert-alkyl or cyclic N) is 1. The van der Waals surface area contributed by atoms with E-state index in [9.17, 15) is 43.5 Å². The molecule has 111 heavy (non-hydrogen) atoms. The average Bonchev–Trinajstić information content (AvgIpc) is 1.69. The number of benzene rings is 4. The maximum Gasteiger partial charge on any atom is 0.411 e. The summed E-state index contributed by atoms with van der Waals surface area (Å²) >= 11 is 0. The van der Waals surface area contributed by atoms with Crippen molar-refractivity contribution in [1.29, 1.82) is 0 Å². The molecule has 30 heteroatoms. The van der Waals surface area contributed by atoms with Gasteiger partial charge in [0.05, 0.1) is 66.3 Å². The van der Waals surface area contributed by atoms with Crippen LogP contribution in [0.4, 0.5) is 14.4 Å². The van der Waals surface area contributed by atoms with E-state index in [4.69, 9.17) is 45.2 Å². The molecule has 5 saturated heterocycles. The number of methoxy groups -OCH3 is 5. The summed E-state index contributed by atoms with van der Waals surface area (Å²) < 4.78 is 40.0. The Morgan fingerprint density at radius 3 is 1.10 bits per heavy atom. The van der Waals surface area contributed by atoms with Gasteiger partial charge in [-0.15, -0.1) is 0 Å². The molecule has 4 aromatic carbocycles. The van der Waals surface area contributed by atoms with E-state index in [1.807, 2.05) is 190 Å². The zero-order chi connectivity index (χ0) is 84.2. The summed E-state index contributed by atoms with van der Waals surface area (Å²) in [5.74, 6) is -1.81. The van der Waals surface area contributed by atoms with Crippen LogP contribution in [0.1, 0.15) is 172 Å². The second-order valence-electron chi connectivity index (χ2n) is 28.3. The van der Waals surface area contributed by atoms with E-state index in [-0.39, 0.29) is 80.1 Å². The second-order valence-corrected chi connectivity index (χ2v) is 28.3. The Morgan fingerprint density at radius 1 is 0.423 bits per heavy atom. The third kappa shape index (κ3) is 35.6. The van der Waals surface area contributed by atoms with Crippen LogP contribution in [-0.4, -0.2) is 228 Å². The zero-order valence-electron chi connectivity index (χ0n) is 69.6. The number of aliphatic hydroxyl groups is 1. The van der Waals surface area contributed by atoms with Crippen molar-refractivity contribution in [2.24, 2.45) is 16.0 Å². The maximum atomic E-state index is 13.1. The number of rotatable bonds is 16. The van der Waals surface area contributed by atoms with Crippen LogP contribution in [0.2, 0.25) is 0 Å². The number of aliphatic hydroxyl groups excluding tert-OH is 1. The van der Waals surface area contributed by atoms with Gasteiger partial charge in [0.2, 0.25) is 0 Å². The molecule has 3 N–H and O–H groups in total. The lowest BCUT2D eigenvalue weighted by Crippen LogP contribution is -2.44. The quantitative estimate of drug-likeness (QED) is 0.0346. The fourth-order valence-corrected chi connectivity index (χ4v) is 12.2. The summed E-state index contributed by atoms with van der Waals surface area (Å²) in [6, 6.07) is 36.7. The SMILES string of the molecule is CC.CC.CC.CC.COC(=O)[C@@H]1C[C@@H](O)CN1C(=O)OC(C)(C)C.COC(=O)[C@@H]1C[C@H](N(Cc2ccccc2)C(=O)OC(C)(C)C)CN1Cc1ccccc1.COC(=O)[C@@H]1C[C@H](N)CN1Cc1ccccc1.COC(=O)[C@@H]1C[C@H](N=[N+]=[N-])CN1C(=O)OC(C)(C)C.COC(=O)[C@@H]1C[C@H](N=[N+]=[N-])CN1Cc1ccccc1. The lowest BCUT2D eigenvalue weighted by molar-refractivity contribution is -0.146. The predicted octanol–water partition coefficient (Wildman–Crippen LogP) is 13.6. The summed E-state index contributed by atoms with van der Waals surface area (Å²) in [6.45, 7) is 36.6. The van der Waals surface area contributed by atoms with Crippen molar-refractivity contribution >= 4 is 48.1 Å². The molecule has 5 heterocycles. The Balaban J connectivity index is 0.000000691. The number of carbonyl (C=O) groups excluding carboxylic acids is 8. The van der Waals surface area contributed by atoms with E-state index < -0.39 is 71.2 Å². The molecular formula is C81H127N13O17. The molecule has 0 unspecified atom stereocenters. The Kier molecular flexibility index (Phi) is 46.5. The molecule has 4 aromatic rings. The Morgan fingerprint density at radius 2 is 0.730 bits per heavy atom. The monoisotopic (exact) mass is 1550 g/mol. The number of hydrogen-bond donors (Lipinski definition) is 2. The average molecular weight is 1550 g/mol. The van der Waals surface area contributed by atoms with Gasteiger partial charge in [-0.25, -0.2) is 24.0 Å². The van der Waals surface area contributed by atoms with Crippen LogP contribution in [0.3, 0.4) is 0 Å². The molecule has 10 atom stereocenters. The number of azide groups is 2. The molecule has 0 aromatic heterocycles. The smallest absolute Gasteiger partial charge is 0.411 e. The molecule has 618 valence electrons. The largest absolute Gasteiger partial charge is 0.468 e. The molecule has 0 bridgehead atoms. The summed E-state index contributed by atoms with van der Waals surface area (Å²) in [4.78, 5) is 112. The number of likely N-dealkylation sites (tertiary alicyclic amines) is 5. The van der Waals surface area contributed by atoms with Crippen LogP contribution in [0.5, 0.6) is 0 Å². The highest BCUT2D eigenvalue weighted by atomic mass is 16.6. The first-order valence-electron chi connectivity index (χ1n) is 38.0. The first-order valence-corrected chi connectivity index (χ1v) is 38.0. The predicted molar refractivity (Wildman–Crippen MR) is 426 cm³/mol. The minimum absolute atomic E-state index is 0.0582. The number of esters is 5. The van der Waals surface area contributed by atoms with Crippen molar-refractivity contribution < 1.29 is 81.4 Å². The maximum absolute atomic E-state index is 13.1. The van der Waals surface area contributed by atoms with Crippen molar-refractivity contribution in [1.82, 2.24) is 29.4 Å². The molecule has 0 saturated carbocycles. The second kappa shape index (κ2) is 51.8. The third-order valence-electron chi connectivity index (χ3n) is 16.8. The molecule has 30 nitrogen and oxygen atoms in total. The van der Waals surface area contributed by atoms with Crippen molar-refractivity contribution in [3.63, 3.8) is 0 Å². The van der Waals surface area contributed by atoms with Gasteiger partial charge in [0, 0.05) is 74.6 Å². The van der Waals surface area contributed by atoms with Gasteiger partial charge in [-0.2, -0.15) is 0 Å². The normalized spacial score (nSPS) is 20.9. The van der Waals surface area contributed by atoms with Gasteiger partial charge < -0.3 is 48.7 Å². The summed E-state index contributed by atoms with van der Waals surface area (Å²) in [5.41, 5.74) is 25.4. The van der Waals surface area contributed by atoms with Crippen molar-refractivity contribution in [2.75, 3.05) is 68.3 Å². The summed E-state index contributed by atoms with van der Waals surface area (Å²) in [7, 11) is 6.71. The number of amides is 3. The molecule has 3 amide bonds. The molecule has 5 aliphatic rings. The molecule has 9 rings (SSSR count). The Bertz CT molecular complexity index is 3480. The van der Waals surface area contributed by atoms with Gasteiger partial charge in [0.25, 0.3) is 0 Å². The molecule has 0 aliphatic carbocycles. The van der Waals surface area contributed by atoms with Crippen LogP contribution in [0.25, 0.3) is 20.9 Å². The van der Waals surface area contributed by atoms with Gasteiger partial charge in [0.15, 0.2) is 0 Å². The number of nitrogens with zero attached hydrogens (tertiary/aromatic N) is 12. The van der Waals surface area contributed by atoms with Crippen LogP contribution in [0.15, 0.2) is 132 Å². The van der Waals surface area contributed by atoms with Crippen LogP contribution in [0, 0.1) is 0 Å². The van der Waals surface area contributed by atoms with E-state index in [1.54, 1.807) is 46.4 Å². The topological polar surface area (TPSA) is 374 Å². The lowest BCUT2D eigenvalue weighted by atomic mass is 10.1. The molecule has 5 fully saturated rings. The van der Waals surface area contributed by atoms with Crippen molar-refractivity contribution in [2.45, 2.75) is 253 Å². The van der Waals surface area contributed by atoms with Crippen LogP contribution >= 0.6 is 0 Å². The van der Waals surface area contributed by atoms with E-state index >= 15 is 0 Å². The molecule has 5 aliphatic heterocycles. The number of hydrogen-bond acceptors (Lipinski definition) is 23. The summed E-state index contributed by atoms with van der Waals surface area (Å²) in [6.07, 6.45) is -0.169. The van der Waals surface area contributed by atoms with Gasteiger partial charge >= 0.3 is 48.1 Å². The number of ether oxygens (including phenoxy) is 8. The van der Waals surface area contributed by atoms with Crippen LogP contribution in [-0.2, 0) is 88.0 Å². The molecule has 0 spiro atoms. The molecule has 0 radical (unpaired) electrons. The van der Waals surface area contributed by atoms with Crippen molar-refractivity contribution in [3.8, 4) is 0 Å². The fourth-order valence-electron chi connectivity index (χ4n) is 12.2. The summed E-state index contributed by atoms with van der Waals surface area (Å²) in [5, 5.41) is 16.8. The van der Waals surface area contributed by atoms with Gasteiger partial charge in [0.1, 0.15) is 47.0 Å². The van der Waals surface area contributed by atoms with Gasteiger partial charge in [-0.05, 0) is 121 Å². The van der Waals surface area contributed by atoms with E-state index in [2.05, 4.69) is 51.5 Å². The fraction of sp³-hybridized carbons (Fsp3) is 0.605. The number of nitrogens with two attached hydrogens (primary N) is 1. The lowest BCUT2D eigenvalue weighted by Gasteiger charge is -2.32.